The highest BCUT2D eigenvalue weighted by molar-refractivity contribution is 5.62. The Balaban J connectivity index is 2.03. The molecule has 0 unspecified atom stereocenters. The Labute approximate surface area is 102 Å². The first kappa shape index (κ1) is 11.8. The second-order valence-electron chi connectivity index (χ2n) is 3.90. The number of nitrogens with two attached hydrogens (primary N) is 1. The fourth-order valence-electron chi connectivity index (χ4n) is 1.68. The minimum absolute atomic E-state index is 0.674. The van der Waals surface area contributed by atoms with Crippen LogP contribution in [0.15, 0.2) is 48.8 Å². The van der Waals surface area contributed by atoms with E-state index in [2.05, 4.69) is 40.6 Å². The van der Waals surface area contributed by atoms with E-state index in [-0.39, 0.29) is 0 Å². The molecule has 0 aliphatic carbocycles. The van der Waals surface area contributed by atoms with Gasteiger partial charge in [0.2, 0.25) is 0 Å². The van der Waals surface area contributed by atoms with Gasteiger partial charge in [0.25, 0.3) is 0 Å². The maximum absolute atomic E-state index is 5.42. The van der Waals surface area contributed by atoms with Crippen molar-refractivity contribution in [3.8, 4) is 11.1 Å². The quantitative estimate of drug-likeness (QED) is 0.766. The van der Waals surface area contributed by atoms with E-state index in [0.29, 0.717) is 6.54 Å². The second kappa shape index (κ2) is 6.13. The molecule has 0 aliphatic rings. The third-order valence-electron chi connectivity index (χ3n) is 2.60. The van der Waals surface area contributed by atoms with Gasteiger partial charge < -0.3 is 11.1 Å². The molecule has 1 aromatic heterocycles. The van der Waals surface area contributed by atoms with E-state index in [9.17, 15) is 0 Å². The van der Waals surface area contributed by atoms with Crippen molar-refractivity contribution < 1.29 is 0 Å². The topological polar surface area (TPSA) is 50.9 Å². The molecule has 2 aromatic rings. The van der Waals surface area contributed by atoms with Gasteiger partial charge in [0.05, 0.1) is 0 Å². The molecule has 3 heteroatoms. The van der Waals surface area contributed by atoms with Crippen molar-refractivity contribution in [3.63, 3.8) is 0 Å². The Morgan fingerprint density at radius 2 is 1.88 bits per heavy atom. The van der Waals surface area contributed by atoms with Gasteiger partial charge in [-0.15, -0.1) is 0 Å². The molecule has 0 saturated carbocycles. The van der Waals surface area contributed by atoms with E-state index >= 15 is 0 Å². The van der Waals surface area contributed by atoms with Crippen LogP contribution in [0.2, 0.25) is 0 Å². The van der Waals surface area contributed by atoms with Gasteiger partial charge in [-0.25, -0.2) is 0 Å². The molecule has 0 spiro atoms. The second-order valence-corrected chi connectivity index (χ2v) is 3.90. The van der Waals surface area contributed by atoms with Crippen LogP contribution in [0.25, 0.3) is 11.1 Å². The molecule has 88 valence electrons. The summed E-state index contributed by atoms with van der Waals surface area (Å²) in [5, 5.41) is 3.27. The standard InChI is InChI=1S/C14H17N3/c15-7-9-17-10-12-3-5-13(6-4-12)14-2-1-8-16-11-14/h1-6,8,11,17H,7,9-10,15H2. The van der Waals surface area contributed by atoms with Crippen molar-refractivity contribution in [2.45, 2.75) is 6.54 Å². The monoisotopic (exact) mass is 227 g/mol. The molecule has 1 aromatic carbocycles. The first-order chi connectivity index (χ1) is 8.40. The molecule has 0 fully saturated rings. The highest BCUT2D eigenvalue weighted by Crippen LogP contribution is 2.18. The van der Waals surface area contributed by atoms with Gasteiger partial charge in [0.1, 0.15) is 0 Å². The molecule has 2 rings (SSSR count). The fourth-order valence-corrected chi connectivity index (χ4v) is 1.68. The molecule has 3 nitrogen and oxygen atoms in total. The van der Waals surface area contributed by atoms with Crippen molar-refractivity contribution in [1.29, 1.82) is 0 Å². The molecule has 0 radical (unpaired) electrons. The highest BCUT2D eigenvalue weighted by Gasteiger charge is 1.97. The minimum atomic E-state index is 0.674. The summed E-state index contributed by atoms with van der Waals surface area (Å²) in [4.78, 5) is 4.12. The van der Waals surface area contributed by atoms with E-state index in [0.717, 1.165) is 18.7 Å². The fraction of sp³-hybridized carbons (Fsp3) is 0.214. The van der Waals surface area contributed by atoms with Crippen molar-refractivity contribution in [2.75, 3.05) is 13.1 Å². The summed E-state index contributed by atoms with van der Waals surface area (Å²) in [6.45, 7) is 2.39. The maximum Gasteiger partial charge on any atom is 0.0346 e. The molecular weight excluding hydrogens is 210 g/mol. The van der Waals surface area contributed by atoms with Crippen molar-refractivity contribution in [3.05, 3.63) is 54.4 Å². The van der Waals surface area contributed by atoms with Crippen molar-refractivity contribution in [1.82, 2.24) is 10.3 Å². The number of hydrogen-bond acceptors (Lipinski definition) is 3. The number of rotatable bonds is 5. The minimum Gasteiger partial charge on any atom is -0.329 e. The summed E-state index contributed by atoms with van der Waals surface area (Å²) >= 11 is 0. The zero-order valence-corrected chi connectivity index (χ0v) is 9.76. The van der Waals surface area contributed by atoms with Gasteiger partial charge in [-0.1, -0.05) is 30.3 Å². The number of nitrogens with zero attached hydrogens (tertiary/aromatic N) is 1. The molecular formula is C14H17N3. The smallest absolute Gasteiger partial charge is 0.0346 e. The lowest BCUT2D eigenvalue weighted by molar-refractivity contribution is 0.695. The maximum atomic E-state index is 5.42. The Hall–Kier alpha value is -1.71. The molecule has 17 heavy (non-hydrogen) atoms. The molecule has 0 amide bonds. The number of benzene rings is 1. The number of aromatic nitrogens is 1. The van der Waals surface area contributed by atoms with Gasteiger partial charge in [0.15, 0.2) is 0 Å². The summed E-state index contributed by atoms with van der Waals surface area (Å²) in [5.74, 6) is 0. The lowest BCUT2D eigenvalue weighted by Crippen LogP contribution is -2.21. The molecule has 1 heterocycles. The Kier molecular flexibility index (Phi) is 4.24. The molecule has 0 aliphatic heterocycles. The SMILES string of the molecule is NCCNCc1ccc(-c2cccnc2)cc1. The Bertz CT molecular complexity index is 437. The first-order valence-corrected chi connectivity index (χ1v) is 5.80. The van der Waals surface area contributed by atoms with E-state index in [1.54, 1.807) is 6.20 Å². The molecule has 0 atom stereocenters. The van der Waals surface area contributed by atoms with Crippen LogP contribution in [0.1, 0.15) is 5.56 Å². The van der Waals surface area contributed by atoms with Crippen LogP contribution in [0.4, 0.5) is 0 Å². The van der Waals surface area contributed by atoms with Gasteiger partial charge in [-0.2, -0.15) is 0 Å². The lowest BCUT2D eigenvalue weighted by Gasteiger charge is -2.05. The predicted octanol–water partition coefficient (Wildman–Crippen LogP) is 1.80. The predicted molar refractivity (Wildman–Crippen MR) is 70.4 cm³/mol. The zero-order chi connectivity index (χ0) is 11.9. The molecule has 0 bridgehead atoms. The summed E-state index contributed by atoms with van der Waals surface area (Å²) in [6.07, 6.45) is 3.66. The van der Waals surface area contributed by atoms with Crippen LogP contribution in [0, 0.1) is 0 Å². The number of pyridine rings is 1. The highest BCUT2D eigenvalue weighted by atomic mass is 14.9. The van der Waals surface area contributed by atoms with Crippen molar-refractivity contribution >= 4 is 0 Å². The Morgan fingerprint density at radius 3 is 2.53 bits per heavy atom. The van der Waals surface area contributed by atoms with Crippen LogP contribution in [-0.2, 0) is 6.54 Å². The lowest BCUT2D eigenvalue weighted by atomic mass is 10.1. The van der Waals surface area contributed by atoms with E-state index < -0.39 is 0 Å². The van der Waals surface area contributed by atoms with Crippen LogP contribution in [0.5, 0.6) is 0 Å². The molecule has 0 saturated heterocycles. The summed E-state index contributed by atoms with van der Waals surface area (Å²) in [7, 11) is 0. The summed E-state index contributed by atoms with van der Waals surface area (Å²) < 4.78 is 0. The normalized spacial score (nSPS) is 10.4. The summed E-state index contributed by atoms with van der Waals surface area (Å²) in [6, 6.07) is 12.5. The van der Waals surface area contributed by atoms with Crippen LogP contribution in [-0.4, -0.2) is 18.1 Å². The number of hydrogen-bond donors (Lipinski definition) is 2. The number of nitrogens with one attached hydrogen (secondary N) is 1. The van der Waals surface area contributed by atoms with Gasteiger partial charge in [-0.05, 0) is 22.8 Å². The van der Waals surface area contributed by atoms with Gasteiger partial charge in [-0.3, -0.25) is 4.98 Å². The third-order valence-corrected chi connectivity index (χ3v) is 2.60. The average molecular weight is 227 g/mol. The van der Waals surface area contributed by atoms with Crippen LogP contribution in [0.3, 0.4) is 0 Å². The average Bonchev–Trinajstić information content (AvgIpc) is 2.41. The Morgan fingerprint density at radius 1 is 1.06 bits per heavy atom. The molecule has 3 N–H and O–H groups in total. The summed E-state index contributed by atoms with van der Waals surface area (Å²) in [5.41, 5.74) is 9.04. The van der Waals surface area contributed by atoms with E-state index in [4.69, 9.17) is 5.73 Å². The first-order valence-electron chi connectivity index (χ1n) is 5.80. The third kappa shape index (κ3) is 3.37. The van der Waals surface area contributed by atoms with Crippen LogP contribution < -0.4 is 11.1 Å². The van der Waals surface area contributed by atoms with Gasteiger partial charge in [0, 0.05) is 32.0 Å². The van der Waals surface area contributed by atoms with Gasteiger partial charge >= 0.3 is 0 Å². The zero-order valence-electron chi connectivity index (χ0n) is 9.76. The van der Waals surface area contributed by atoms with Crippen molar-refractivity contribution in [2.24, 2.45) is 5.73 Å². The van der Waals surface area contributed by atoms with E-state index in [1.165, 1.54) is 11.1 Å². The largest absolute Gasteiger partial charge is 0.329 e. The van der Waals surface area contributed by atoms with E-state index in [1.807, 2.05) is 12.3 Å². The van der Waals surface area contributed by atoms with Crippen LogP contribution >= 0.6 is 0 Å².